The number of carbonyl (C=O) groups is 2. The molecule has 3 aromatic rings. The van der Waals surface area contributed by atoms with E-state index in [9.17, 15) is 14.4 Å². The van der Waals surface area contributed by atoms with Gasteiger partial charge in [-0.2, -0.15) is 0 Å². The molecule has 1 amide bonds. The predicted molar refractivity (Wildman–Crippen MR) is 144 cm³/mol. The number of fused-ring (bicyclic) bond motifs is 1. The SMILES string of the molecule is CCOC(=O)C1=c2sc(=Cc3ccc(Cl)cc3Cl)c(=O)n2C(N)=C(C(N)=O)C1c1ccc(Cl)cc1Cl. The molecule has 0 radical (unpaired) electrons. The van der Waals surface area contributed by atoms with Crippen molar-refractivity contribution in [1.82, 2.24) is 4.57 Å². The van der Waals surface area contributed by atoms with Gasteiger partial charge < -0.3 is 16.2 Å². The van der Waals surface area contributed by atoms with Gasteiger partial charge in [0, 0.05) is 20.1 Å². The summed E-state index contributed by atoms with van der Waals surface area (Å²) in [4.78, 5) is 39.4. The van der Waals surface area contributed by atoms with E-state index < -0.39 is 23.4 Å². The third-order valence-electron chi connectivity index (χ3n) is 5.43. The van der Waals surface area contributed by atoms with Crippen molar-refractivity contribution in [2.45, 2.75) is 12.8 Å². The lowest BCUT2D eigenvalue weighted by Gasteiger charge is -2.27. The second-order valence-corrected chi connectivity index (χ2v) is 10.3. The normalized spacial score (nSPS) is 15.8. The van der Waals surface area contributed by atoms with Crippen LogP contribution >= 0.6 is 57.7 Å². The van der Waals surface area contributed by atoms with Crippen LogP contribution in [-0.4, -0.2) is 23.1 Å². The fourth-order valence-corrected chi connectivity index (χ4v) is 6.04. The number of carbonyl (C=O) groups excluding carboxylic acids is 2. The number of thiazole rings is 1. The molecule has 12 heteroatoms. The van der Waals surface area contributed by atoms with Crippen LogP contribution in [0.2, 0.25) is 20.1 Å². The third-order valence-corrected chi connectivity index (χ3v) is 7.66. The molecular weight excluding hydrogens is 568 g/mol. The van der Waals surface area contributed by atoms with E-state index in [1.165, 1.54) is 12.1 Å². The van der Waals surface area contributed by atoms with E-state index in [1.54, 1.807) is 37.3 Å². The maximum Gasteiger partial charge on any atom is 0.337 e. The number of nitrogens with zero attached hydrogens (tertiary/aromatic N) is 1. The van der Waals surface area contributed by atoms with Gasteiger partial charge in [-0.25, -0.2) is 4.79 Å². The van der Waals surface area contributed by atoms with Crippen molar-refractivity contribution in [2.75, 3.05) is 6.61 Å². The Morgan fingerprint density at radius 2 is 1.69 bits per heavy atom. The molecule has 0 aliphatic carbocycles. The van der Waals surface area contributed by atoms with Crippen LogP contribution in [-0.2, 0) is 14.3 Å². The average molecular weight is 585 g/mol. The molecule has 1 aliphatic rings. The number of primary amides is 1. The Labute approximate surface area is 228 Å². The largest absolute Gasteiger partial charge is 0.463 e. The minimum atomic E-state index is -1.10. The van der Waals surface area contributed by atoms with Gasteiger partial charge >= 0.3 is 5.97 Å². The molecule has 1 atom stereocenters. The van der Waals surface area contributed by atoms with Crippen LogP contribution in [0.1, 0.15) is 24.0 Å². The van der Waals surface area contributed by atoms with Crippen LogP contribution in [0.4, 0.5) is 0 Å². The number of amides is 1. The molecular formula is C24H17Cl4N3O4S. The highest BCUT2D eigenvalue weighted by atomic mass is 35.5. The second kappa shape index (κ2) is 10.3. The molecule has 7 nitrogen and oxygen atoms in total. The number of halogens is 4. The van der Waals surface area contributed by atoms with Gasteiger partial charge in [0.05, 0.1) is 28.2 Å². The van der Waals surface area contributed by atoms with Crippen molar-refractivity contribution >= 4 is 87.1 Å². The monoisotopic (exact) mass is 583 g/mol. The van der Waals surface area contributed by atoms with Gasteiger partial charge in [-0.05, 0) is 48.4 Å². The average Bonchev–Trinajstić information content (AvgIpc) is 3.11. The molecule has 0 spiro atoms. The Bertz CT molecular complexity index is 1640. The topological polar surface area (TPSA) is 117 Å². The van der Waals surface area contributed by atoms with Gasteiger partial charge in [-0.15, -0.1) is 11.3 Å². The van der Waals surface area contributed by atoms with E-state index in [-0.39, 0.29) is 37.8 Å². The van der Waals surface area contributed by atoms with Gasteiger partial charge in [0.15, 0.2) is 0 Å². The van der Waals surface area contributed by atoms with Gasteiger partial charge in [0.2, 0.25) is 5.91 Å². The smallest absolute Gasteiger partial charge is 0.337 e. The molecule has 1 aromatic heterocycles. The van der Waals surface area contributed by atoms with Crippen molar-refractivity contribution < 1.29 is 14.3 Å². The molecule has 0 bridgehead atoms. The lowest BCUT2D eigenvalue weighted by atomic mass is 9.83. The van der Waals surface area contributed by atoms with Crippen LogP contribution in [0.5, 0.6) is 0 Å². The standard InChI is InChI=1S/C24H17Cl4N3O4S/c1-2-35-24(34)19-17(13-6-5-12(26)9-15(13)28)18(21(30)32)20(29)31-22(33)16(36-23(19)31)7-10-3-4-11(25)8-14(10)27/h3-9,17H,2,29H2,1H3,(H2,30,32). The highest BCUT2D eigenvalue weighted by Crippen LogP contribution is 2.40. The quantitative estimate of drug-likeness (QED) is 0.445. The van der Waals surface area contributed by atoms with E-state index in [2.05, 4.69) is 0 Å². The summed E-state index contributed by atoms with van der Waals surface area (Å²) in [6.07, 6.45) is 1.54. The summed E-state index contributed by atoms with van der Waals surface area (Å²) >= 11 is 25.8. The first-order valence-corrected chi connectivity index (χ1v) is 12.7. The number of rotatable bonds is 5. The van der Waals surface area contributed by atoms with Crippen LogP contribution in [0.25, 0.3) is 17.5 Å². The number of aromatic nitrogens is 1. The number of ether oxygens (including phenoxy) is 1. The maximum absolute atomic E-state index is 13.5. The third kappa shape index (κ3) is 4.67. The molecule has 4 N–H and O–H groups in total. The van der Waals surface area contributed by atoms with Crippen LogP contribution in [0.15, 0.2) is 46.8 Å². The molecule has 1 aliphatic heterocycles. The molecule has 0 saturated heterocycles. The van der Waals surface area contributed by atoms with E-state index in [4.69, 9.17) is 62.6 Å². The second-order valence-electron chi connectivity index (χ2n) is 7.62. The molecule has 186 valence electrons. The zero-order chi connectivity index (χ0) is 26.3. The van der Waals surface area contributed by atoms with Crippen molar-refractivity contribution in [3.05, 3.63) is 92.7 Å². The maximum atomic E-state index is 13.5. The van der Waals surface area contributed by atoms with E-state index >= 15 is 0 Å². The van der Waals surface area contributed by atoms with Gasteiger partial charge in [0.25, 0.3) is 5.56 Å². The fraction of sp³-hybridized carbons (Fsp3) is 0.125. The van der Waals surface area contributed by atoms with Crippen molar-refractivity contribution in [2.24, 2.45) is 11.5 Å². The first-order chi connectivity index (χ1) is 17.0. The summed E-state index contributed by atoms with van der Waals surface area (Å²) in [5, 5.41) is 1.27. The van der Waals surface area contributed by atoms with E-state index in [0.29, 0.717) is 26.2 Å². The Morgan fingerprint density at radius 3 is 2.28 bits per heavy atom. The predicted octanol–water partition coefficient (Wildman–Crippen LogP) is 3.48. The highest BCUT2D eigenvalue weighted by molar-refractivity contribution is 7.07. The molecule has 4 rings (SSSR count). The van der Waals surface area contributed by atoms with E-state index in [1.807, 2.05) is 0 Å². The van der Waals surface area contributed by atoms with Gasteiger partial charge in [0.1, 0.15) is 10.5 Å². The van der Waals surface area contributed by atoms with Crippen LogP contribution < -0.4 is 26.2 Å². The zero-order valence-electron chi connectivity index (χ0n) is 18.5. The summed E-state index contributed by atoms with van der Waals surface area (Å²) in [6.45, 7) is 1.68. The molecule has 1 unspecified atom stereocenters. The molecule has 2 aromatic carbocycles. The van der Waals surface area contributed by atoms with Crippen molar-refractivity contribution in [3.63, 3.8) is 0 Å². The summed E-state index contributed by atoms with van der Waals surface area (Å²) in [5.74, 6) is -3.01. The van der Waals surface area contributed by atoms with Crippen molar-refractivity contribution in [1.29, 1.82) is 0 Å². The first-order valence-electron chi connectivity index (χ1n) is 10.4. The number of hydrogen-bond acceptors (Lipinski definition) is 6. The lowest BCUT2D eigenvalue weighted by molar-refractivity contribution is -0.136. The Balaban J connectivity index is 2.14. The summed E-state index contributed by atoms with van der Waals surface area (Å²) in [6, 6.07) is 9.39. The summed E-state index contributed by atoms with van der Waals surface area (Å²) in [7, 11) is 0. The molecule has 36 heavy (non-hydrogen) atoms. The van der Waals surface area contributed by atoms with Gasteiger partial charge in [-0.3, -0.25) is 14.2 Å². The number of nitrogens with two attached hydrogens (primary N) is 2. The molecule has 0 fully saturated rings. The zero-order valence-corrected chi connectivity index (χ0v) is 22.3. The molecule has 0 saturated carbocycles. The number of hydrogen-bond donors (Lipinski definition) is 2. The minimum absolute atomic E-state index is 0.00646. The number of esters is 1. The Kier molecular flexibility index (Phi) is 7.54. The van der Waals surface area contributed by atoms with Crippen molar-refractivity contribution in [3.8, 4) is 0 Å². The fourth-order valence-electron chi connectivity index (χ4n) is 3.91. The minimum Gasteiger partial charge on any atom is -0.463 e. The molecule has 2 heterocycles. The summed E-state index contributed by atoms with van der Waals surface area (Å²) < 4.78 is 6.75. The van der Waals surface area contributed by atoms with Crippen LogP contribution in [0, 0.1) is 0 Å². The number of benzene rings is 2. The Hall–Kier alpha value is -2.75. The van der Waals surface area contributed by atoms with Gasteiger partial charge in [-0.1, -0.05) is 58.5 Å². The Morgan fingerprint density at radius 1 is 1.06 bits per heavy atom. The first kappa shape index (κ1) is 26.3. The lowest BCUT2D eigenvalue weighted by Crippen LogP contribution is -2.42. The highest BCUT2D eigenvalue weighted by Gasteiger charge is 2.39. The van der Waals surface area contributed by atoms with Crippen LogP contribution in [0.3, 0.4) is 0 Å². The van der Waals surface area contributed by atoms with E-state index in [0.717, 1.165) is 15.9 Å². The summed E-state index contributed by atoms with van der Waals surface area (Å²) in [5.41, 5.74) is 12.2.